The van der Waals surface area contributed by atoms with Gasteiger partial charge in [0.1, 0.15) is 0 Å². The topological polar surface area (TPSA) is 65.1 Å². The molecule has 1 aromatic rings. The largest absolute Gasteiger partial charge is 0.379 e. The second-order valence-electron chi connectivity index (χ2n) is 6.50. The van der Waals surface area contributed by atoms with Crippen molar-refractivity contribution in [2.45, 2.75) is 6.04 Å². The molecule has 25 heavy (non-hydrogen) atoms. The molecular formula is C17H22N4O3S. The molecule has 3 aliphatic rings. The molecule has 0 aliphatic carbocycles. The molecule has 0 spiro atoms. The van der Waals surface area contributed by atoms with Crippen LogP contribution in [0.5, 0.6) is 0 Å². The first kappa shape index (κ1) is 16.6. The van der Waals surface area contributed by atoms with E-state index in [2.05, 4.69) is 10.2 Å². The lowest BCUT2D eigenvalue weighted by Crippen LogP contribution is -2.45. The first-order valence-electron chi connectivity index (χ1n) is 8.55. The Balaban J connectivity index is 1.51. The third-order valence-electron chi connectivity index (χ3n) is 5.05. The van der Waals surface area contributed by atoms with Crippen LogP contribution in [-0.4, -0.2) is 79.6 Å². The third kappa shape index (κ3) is 3.05. The van der Waals surface area contributed by atoms with Gasteiger partial charge in [0, 0.05) is 38.1 Å². The van der Waals surface area contributed by atoms with E-state index >= 15 is 0 Å². The van der Waals surface area contributed by atoms with Crippen LogP contribution in [0.3, 0.4) is 0 Å². The second-order valence-corrected chi connectivity index (χ2v) is 7.48. The Morgan fingerprint density at radius 2 is 2.08 bits per heavy atom. The molecule has 1 N–H and O–H groups in total. The minimum absolute atomic E-state index is 0.0357. The van der Waals surface area contributed by atoms with Crippen LogP contribution >= 0.6 is 11.3 Å². The van der Waals surface area contributed by atoms with Crippen molar-refractivity contribution in [1.82, 2.24) is 20.0 Å². The Labute approximate surface area is 150 Å². The first-order valence-corrected chi connectivity index (χ1v) is 9.43. The number of amides is 3. The Morgan fingerprint density at radius 3 is 2.80 bits per heavy atom. The lowest BCUT2D eigenvalue weighted by atomic mass is 10.0. The quantitative estimate of drug-likeness (QED) is 0.863. The van der Waals surface area contributed by atoms with Crippen LogP contribution in [0, 0.1) is 0 Å². The number of nitrogens with one attached hydrogen (secondary N) is 1. The Hall–Kier alpha value is -1.90. The van der Waals surface area contributed by atoms with Gasteiger partial charge in [-0.05, 0) is 11.4 Å². The molecule has 7 nitrogen and oxygen atoms in total. The molecule has 0 unspecified atom stereocenters. The fourth-order valence-corrected chi connectivity index (χ4v) is 4.34. The van der Waals surface area contributed by atoms with Crippen LogP contribution in [-0.2, 0) is 9.53 Å². The number of ether oxygens (including phenoxy) is 1. The summed E-state index contributed by atoms with van der Waals surface area (Å²) in [6.45, 7) is 5.34. The van der Waals surface area contributed by atoms with Crippen molar-refractivity contribution >= 4 is 23.3 Å². The number of nitrogens with zero attached hydrogens (tertiary/aromatic N) is 3. The Morgan fingerprint density at radius 1 is 1.28 bits per heavy atom. The summed E-state index contributed by atoms with van der Waals surface area (Å²) in [6, 6.07) is 3.43. The van der Waals surface area contributed by atoms with Crippen LogP contribution in [0.15, 0.2) is 28.8 Å². The highest BCUT2D eigenvalue weighted by Crippen LogP contribution is 2.37. The average molecular weight is 362 g/mol. The van der Waals surface area contributed by atoms with Crippen molar-refractivity contribution in [3.63, 3.8) is 0 Å². The zero-order valence-electron chi connectivity index (χ0n) is 14.2. The maximum Gasteiger partial charge on any atom is 0.322 e. The first-order chi connectivity index (χ1) is 12.1. The molecule has 3 amide bonds. The van der Waals surface area contributed by atoms with E-state index in [0.29, 0.717) is 18.7 Å². The van der Waals surface area contributed by atoms with E-state index < -0.39 is 0 Å². The molecule has 8 heteroatoms. The van der Waals surface area contributed by atoms with E-state index in [0.717, 1.165) is 43.4 Å². The molecule has 1 atom stereocenters. The normalized spacial score (nSPS) is 24.8. The number of hydrogen-bond acceptors (Lipinski definition) is 5. The van der Waals surface area contributed by atoms with Gasteiger partial charge in [0.15, 0.2) is 0 Å². The van der Waals surface area contributed by atoms with Crippen molar-refractivity contribution in [3.8, 4) is 0 Å². The fraction of sp³-hybridized carbons (Fsp3) is 0.529. The molecule has 134 valence electrons. The standard InChI is InChI=1S/C17H22N4O3S/c1-19-12-11-21(5-4-20-6-8-24-9-7-20)16(22)14(12)15(18-17(19)23)13-3-2-10-25-13/h2-3,10,15H,4-9,11H2,1H3,(H,18,23)/t15-/m1/s1. The molecule has 1 saturated heterocycles. The van der Waals surface area contributed by atoms with E-state index in [1.165, 1.54) is 0 Å². The minimum Gasteiger partial charge on any atom is -0.379 e. The highest BCUT2D eigenvalue weighted by molar-refractivity contribution is 7.10. The van der Waals surface area contributed by atoms with Gasteiger partial charge in [0.2, 0.25) is 0 Å². The van der Waals surface area contributed by atoms with E-state index in [9.17, 15) is 9.59 Å². The molecular weight excluding hydrogens is 340 g/mol. The van der Waals surface area contributed by atoms with E-state index in [-0.39, 0.29) is 18.0 Å². The van der Waals surface area contributed by atoms with Gasteiger partial charge in [-0.15, -0.1) is 11.3 Å². The van der Waals surface area contributed by atoms with E-state index in [4.69, 9.17) is 4.74 Å². The van der Waals surface area contributed by atoms with Gasteiger partial charge in [-0.2, -0.15) is 0 Å². The summed E-state index contributed by atoms with van der Waals surface area (Å²) in [7, 11) is 1.73. The van der Waals surface area contributed by atoms with Crippen molar-refractivity contribution in [2.24, 2.45) is 0 Å². The summed E-state index contributed by atoms with van der Waals surface area (Å²) < 4.78 is 5.37. The van der Waals surface area contributed by atoms with Crippen LogP contribution in [0.25, 0.3) is 0 Å². The molecule has 0 bridgehead atoms. The van der Waals surface area contributed by atoms with Gasteiger partial charge in [0.05, 0.1) is 37.1 Å². The lowest BCUT2D eigenvalue weighted by Gasteiger charge is -2.30. The zero-order valence-corrected chi connectivity index (χ0v) is 15.1. The number of urea groups is 1. The van der Waals surface area contributed by atoms with Crippen molar-refractivity contribution < 1.29 is 14.3 Å². The van der Waals surface area contributed by atoms with Crippen LogP contribution in [0.4, 0.5) is 4.79 Å². The smallest absolute Gasteiger partial charge is 0.322 e. The molecule has 3 aliphatic heterocycles. The zero-order chi connectivity index (χ0) is 17.4. The van der Waals surface area contributed by atoms with Gasteiger partial charge in [-0.1, -0.05) is 6.07 Å². The van der Waals surface area contributed by atoms with E-state index in [1.54, 1.807) is 23.3 Å². The summed E-state index contributed by atoms with van der Waals surface area (Å²) in [6.07, 6.45) is 0. The number of carbonyl (C=O) groups excluding carboxylic acids is 2. The SMILES string of the molecule is CN1C(=O)N[C@H](c2cccs2)C2=C1CN(CCN1CCOCC1)C2=O. The van der Waals surface area contributed by atoms with Gasteiger partial charge in [-0.3, -0.25) is 14.6 Å². The molecule has 4 rings (SSSR count). The predicted molar refractivity (Wildman–Crippen MR) is 94.2 cm³/mol. The van der Waals surface area contributed by atoms with Gasteiger partial charge >= 0.3 is 6.03 Å². The number of likely N-dealkylation sites (N-methyl/N-ethyl adjacent to an activating group) is 1. The van der Waals surface area contributed by atoms with Crippen molar-refractivity contribution in [3.05, 3.63) is 33.7 Å². The van der Waals surface area contributed by atoms with Crippen LogP contribution < -0.4 is 5.32 Å². The van der Waals surface area contributed by atoms with Gasteiger partial charge in [-0.25, -0.2) is 4.79 Å². The summed E-state index contributed by atoms with van der Waals surface area (Å²) >= 11 is 1.56. The molecule has 0 aromatic carbocycles. The van der Waals surface area contributed by atoms with E-state index in [1.807, 2.05) is 22.4 Å². The second kappa shape index (κ2) is 6.78. The summed E-state index contributed by atoms with van der Waals surface area (Å²) in [5.74, 6) is 0.0357. The fourth-order valence-electron chi connectivity index (χ4n) is 3.56. The third-order valence-corrected chi connectivity index (χ3v) is 5.99. The average Bonchev–Trinajstić information content (AvgIpc) is 3.26. The molecule has 4 heterocycles. The van der Waals surface area contributed by atoms with Crippen molar-refractivity contribution in [1.29, 1.82) is 0 Å². The molecule has 1 aromatic heterocycles. The number of hydrogen-bond donors (Lipinski definition) is 1. The Bertz CT molecular complexity index is 697. The number of carbonyl (C=O) groups is 2. The highest BCUT2D eigenvalue weighted by Gasteiger charge is 2.43. The lowest BCUT2D eigenvalue weighted by molar-refractivity contribution is -0.126. The summed E-state index contributed by atoms with van der Waals surface area (Å²) in [5, 5.41) is 4.93. The monoisotopic (exact) mass is 362 g/mol. The van der Waals surface area contributed by atoms with Gasteiger partial charge in [0.25, 0.3) is 5.91 Å². The van der Waals surface area contributed by atoms with Crippen molar-refractivity contribution in [2.75, 3.05) is 53.0 Å². The molecule has 0 saturated carbocycles. The van der Waals surface area contributed by atoms with Crippen LogP contribution in [0.2, 0.25) is 0 Å². The molecule has 0 radical (unpaired) electrons. The number of morpholine rings is 1. The summed E-state index contributed by atoms with van der Waals surface area (Å²) in [5.41, 5.74) is 1.54. The maximum atomic E-state index is 13.0. The summed E-state index contributed by atoms with van der Waals surface area (Å²) in [4.78, 5) is 32.1. The maximum absolute atomic E-state index is 13.0. The number of thiophene rings is 1. The predicted octanol–water partition coefficient (Wildman–Crippen LogP) is 0.873. The highest BCUT2D eigenvalue weighted by atomic mass is 32.1. The molecule has 1 fully saturated rings. The van der Waals surface area contributed by atoms with Crippen LogP contribution in [0.1, 0.15) is 10.9 Å². The number of rotatable bonds is 4. The van der Waals surface area contributed by atoms with Gasteiger partial charge < -0.3 is 15.0 Å². The minimum atomic E-state index is -0.334. The Kier molecular flexibility index (Phi) is 4.49.